The quantitative estimate of drug-likeness (QED) is 0.900. The Morgan fingerprint density at radius 3 is 2.71 bits per heavy atom. The number of aromatic nitrogens is 1. The molecule has 0 spiro atoms. The smallest absolute Gasteiger partial charge is 0.307 e. The molecule has 1 aliphatic carbocycles. The van der Waals surface area contributed by atoms with Gasteiger partial charge in [-0.3, -0.25) is 9.59 Å². The zero-order valence-electron chi connectivity index (χ0n) is 11.2. The monoisotopic (exact) mass is 286 g/mol. The molecule has 0 radical (unpaired) electrons. The van der Waals surface area contributed by atoms with Crippen molar-refractivity contribution in [2.45, 2.75) is 12.8 Å². The molecule has 21 heavy (non-hydrogen) atoms. The molecule has 0 bridgehead atoms. The van der Waals surface area contributed by atoms with Crippen LogP contribution in [0.5, 0.6) is 0 Å². The van der Waals surface area contributed by atoms with Gasteiger partial charge in [0.2, 0.25) is 11.8 Å². The molecule has 1 aromatic carbocycles. The molecule has 3 rings (SSSR count). The van der Waals surface area contributed by atoms with Crippen molar-refractivity contribution in [3.8, 4) is 11.5 Å². The topological polar surface area (TPSA) is 92.4 Å². The summed E-state index contributed by atoms with van der Waals surface area (Å²) in [6, 6.07) is 7.10. The van der Waals surface area contributed by atoms with Gasteiger partial charge in [0.25, 0.3) is 0 Å². The highest BCUT2D eigenvalue weighted by molar-refractivity contribution is 5.96. The van der Waals surface area contributed by atoms with Gasteiger partial charge >= 0.3 is 5.97 Å². The number of carboxylic acid groups (broad SMARTS) is 1. The van der Waals surface area contributed by atoms with Gasteiger partial charge in [0, 0.05) is 11.3 Å². The lowest BCUT2D eigenvalue weighted by Crippen LogP contribution is -2.41. The highest BCUT2D eigenvalue weighted by Crippen LogP contribution is 2.35. The molecule has 2 unspecified atom stereocenters. The summed E-state index contributed by atoms with van der Waals surface area (Å²) >= 11 is 0. The second-order valence-electron chi connectivity index (χ2n) is 5.04. The zero-order chi connectivity index (χ0) is 14.8. The third-order valence-electron chi connectivity index (χ3n) is 3.74. The maximum absolute atomic E-state index is 12.1. The lowest BCUT2D eigenvalue weighted by Gasteiger charge is -2.31. The minimum Gasteiger partial charge on any atom is -0.481 e. The van der Waals surface area contributed by atoms with Crippen LogP contribution in [0.15, 0.2) is 41.1 Å². The van der Waals surface area contributed by atoms with E-state index in [2.05, 4.69) is 10.3 Å². The second-order valence-corrected chi connectivity index (χ2v) is 5.04. The highest BCUT2D eigenvalue weighted by Gasteiger charge is 2.41. The lowest BCUT2D eigenvalue weighted by atomic mass is 9.73. The first-order chi connectivity index (χ1) is 10.1. The average molecular weight is 286 g/mol. The second kappa shape index (κ2) is 5.40. The first kappa shape index (κ1) is 13.4. The molecule has 1 amide bonds. The van der Waals surface area contributed by atoms with E-state index in [0.29, 0.717) is 24.4 Å². The Labute approximate surface area is 120 Å². The summed E-state index contributed by atoms with van der Waals surface area (Å²) in [6.45, 7) is 0. The van der Waals surface area contributed by atoms with Crippen LogP contribution >= 0.6 is 0 Å². The van der Waals surface area contributed by atoms with E-state index in [4.69, 9.17) is 9.52 Å². The maximum Gasteiger partial charge on any atom is 0.307 e. The third-order valence-corrected chi connectivity index (χ3v) is 3.74. The number of oxazole rings is 1. The van der Waals surface area contributed by atoms with Crippen molar-refractivity contribution in [3.63, 3.8) is 0 Å². The number of hydrogen-bond acceptors (Lipinski definition) is 4. The van der Waals surface area contributed by atoms with Crippen LogP contribution in [0.25, 0.3) is 11.5 Å². The number of benzene rings is 1. The SMILES string of the molecule is O=C(O)C1CCC1C(=O)Nc1cccc(-c2ncco2)c1. The first-order valence-electron chi connectivity index (χ1n) is 6.69. The molecule has 0 saturated heterocycles. The van der Waals surface area contributed by atoms with Gasteiger partial charge in [0.1, 0.15) is 6.26 Å². The summed E-state index contributed by atoms with van der Waals surface area (Å²) in [7, 11) is 0. The molecule has 1 aromatic heterocycles. The van der Waals surface area contributed by atoms with Crippen LogP contribution in [0.2, 0.25) is 0 Å². The Hall–Kier alpha value is -2.63. The third kappa shape index (κ3) is 2.65. The van der Waals surface area contributed by atoms with E-state index in [1.54, 1.807) is 24.4 Å². The summed E-state index contributed by atoms with van der Waals surface area (Å²) < 4.78 is 5.21. The summed E-state index contributed by atoms with van der Waals surface area (Å²) in [5.74, 6) is -1.71. The molecule has 2 aromatic rings. The van der Waals surface area contributed by atoms with Gasteiger partial charge in [-0.1, -0.05) is 6.07 Å². The Bertz CT molecular complexity index is 666. The van der Waals surface area contributed by atoms with Gasteiger partial charge in [-0.05, 0) is 31.0 Å². The van der Waals surface area contributed by atoms with E-state index < -0.39 is 17.8 Å². The van der Waals surface area contributed by atoms with Crippen LogP contribution in [0.4, 0.5) is 5.69 Å². The van der Waals surface area contributed by atoms with Gasteiger partial charge in [-0.25, -0.2) is 4.98 Å². The fraction of sp³-hybridized carbons (Fsp3) is 0.267. The van der Waals surface area contributed by atoms with Crippen LogP contribution in [-0.4, -0.2) is 22.0 Å². The number of carbonyl (C=O) groups is 2. The Balaban J connectivity index is 1.72. The van der Waals surface area contributed by atoms with E-state index in [1.807, 2.05) is 6.07 Å². The molecule has 1 aliphatic rings. The highest BCUT2D eigenvalue weighted by atomic mass is 16.4. The molecular formula is C15H14N2O4. The fourth-order valence-corrected chi connectivity index (χ4v) is 2.44. The van der Waals surface area contributed by atoms with Gasteiger partial charge in [0.05, 0.1) is 18.0 Å². The van der Waals surface area contributed by atoms with Crippen molar-refractivity contribution in [1.82, 2.24) is 4.98 Å². The molecular weight excluding hydrogens is 272 g/mol. The number of rotatable bonds is 4. The Morgan fingerprint density at radius 1 is 1.29 bits per heavy atom. The number of nitrogens with zero attached hydrogens (tertiary/aromatic N) is 1. The average Bonchev–Trinajstić information content (AvgIpc) is 2.90. The zero-order valence-corrected chi connectivity index (χ0v) is 11.2. The molecule has 108 valence electrons. The van der Waals surface area contributed by atoms with Crippen molar-refractivity contribution in [3.05, 3.63) is 36.7 Å². The summed E-state index contributed by atoms with van der Waals surface area (Å²) in [5, 5.41) is 11.7. The maximum atomic E-state index is 12.1. The molecule has 2 atom stereocenters. The van der Waals surface area contributed by atoms with Crippen molar-refractivity contribution in [2.75, 3.05) is 5.32 Å². The minimum atomic E-state index is -0.907. The van der Waals surface area contributed by atoms with Crippen LogP contribution in [0, 0.1) is 11.8 Å². The van der Waals surface area contributed by atoms with E-state index in [-0.39, 0.29) is 5.91 Å². The van der Waals surface area contributed by atoms with E-state index in [0.717, 1.165) is 5.56 Å². The molecule has 2 N–H and O–H groups in total. The van der Waals surface area contributed by atoms with Gasteiger partial charge in [-0.2, -0.15) is 0 Å². The van der Waals surface area contributed by atoms with E-state index >= 15 is 0 Å². The number of amides is 1. The summed E-state index contributed by atoms with van der Waals surface area (Å²) in [6.07, 6.45) is 4.20. The van der Waals surface area contributed by atoms with E-state index in [9.17, 15) is 9.59 Å². The Morgan fingerprint density at radius 2 is 2.10 bits per heavy atom. The van der Waals surface area contributed by atoms with Crippen molar-refractivity contribution in [1.29, 1.82) is 0 Å². The predicted molar refractivity (Wildman–Crippen MR) is 74.4 cm³/mol. The molecule has 0 aliphatic heterocycles. The van der Waals surface area contributed by atoms with Crippen LogP contribution < -0.4 is 5.32 Å². The largest absolute Gasteiger partial charge is 0.481 e. The number of aliphatic carboxylic acids is 1. The van der Waals surface area contributed by atoms with Gasteiger partial charge in [0.15, 0.2) is 0 Å². The molecule has 6 nitrogen and oxygen atoms in total. The fourth-order valence-electron chi connectivity index (χ4n) is 2.44. The Kier molecular flexibility index (Phi) is 3.43. The normalized spacial score (nSPS) is 20.6. The minimum absolute atomic E-state index is 0.252. The molecule has 6 heteroatoms. The number of anilines is 1. The van der Waals surface area contributed by atoms with Gasteiger partial charge in [-0.15, -0.1) is 0 Å². The van der Waals surface area contributed by atoms with Crippen LogP contribution in [-0.2, 0) is 9.59 Å². The molecule has 1 fully saturated rings. The van der Waals surface area contributed by atoms with Crippen molar-refractivity contribution >= 4 is 17.6 Å². The van der Waals surface area contributed by atoms with Crippen LogP contribution in [0.3, 0.4) is 0 Å². The number of nitrogens with one attached hydrogen (secondary N) is 1. The van der Waals surface area contributed by atoms with Crippen LogP contribution in [0.1, 0.15) is 12.8 Å². The lowest BCUT2D eigenvalue weighted by molar-refractivity contribution is -0.151. The van der Waals surface area contributed by atoms with Crippen molar-refractivity contribution < 1.29 is 19.1 Å². The number of carbonyl (C=O) groups excluding carboxylic acids is 1. The predicted octanol–water partition coefficient (Wildman–Crippen LogP) is 2.39. The first-order valence-corrected chi connectivity index (χ1v) is 6.69. The molecule has 1 saturated carbocycles. The van der Waals surface area contributed by atoms with Crippen molar-refractivity contribution in [2.24, 2.45) is 11.8 Å². The number of hydrogen-bond donors (Lipinski definition) is 2. The molecule has 1 heterocycles. The summed E-state index contributed by atoms with van der Waals surface area (Å²) in [4.78, 5) is 27.1. The number of carboxylic acids is 1. The summed E-state index contributed by atoms with van der Waals surface area (Å²) in [5.41, 5.74) is 1.35. The standard InChI is InChI=1S/C15H14N2O4/c18-13(11-4-5-12(11)15(19)20)17-10-3-1-2-9(8-10)14-16-6-7-21-14/h1-3,6-8,11-12H,4-5H2,(H,17,18)(H,19,20). The van der Waals surface area contributed by atoms with E-state index in [1.165, 1.54) is 6.26 Å². The van der Waals surface area contributed by atoms with Gasteiger partial charge < -0.3 is 14.8 Å².